The van der Waals surface area contributed by atoms with E-state index in [2.05, 4.69) is 53.7 Å². The fourth-order valence-corrected chi connectivity index (χ4v) is 7.31. The molecule has 0 spiro atoms. The maximum Gasteiger partial charge on any atom is 2.00 e. The molecule has 0 unspecified atom stereocenters. The standard InChI is InChI=1S/C36H46N4O2.Ni/c1-9-21-22(10-2)28-18-30-24(12-4)26(14-6)32(39-30)20-34-36(42,16-8)35(41,15-7)33(40-34)19-31-25(13-5)23(11-3)29(38-31)17-27(21)37-28;/h17-20,41-42H,9-16H2,1-8H3;/q-2;+2/t35-,36+;. The molecule has 2 aliphatic rings. The Hall–Kier alpha value is -2.73. The van der Waals surface area contributed by atoms with E-state index in [1.54, 1.807) is 0 Å². The van der Waals surface area contributed by atoms with E-state index < -0.39 is 11.2 Å². The fourth-order valence-electron chi connectivity index (χ4n) is 7.31. The summed E-state index contributed by atoms with van der Waals surface area (Å²) in [6.45, 7) is 16.8. The SMILES string of the molecule is CCC1=C(CC)c2cc3[n-]c(cc4nc(cc5[n-]c(cc1n2)c(CC)c5CC)[C@](O)(CC)[C@]4(O)CC)c(CC)c3CC.[Ni+2]. The summed E-state index contributed by atoms with van der Waals surface area (Å²) < 4.78 is 0. The molecule has 0 fully saturated rings. The van der Waals surface area contributed by atoms with Gasteiger partial charge in [-0.3, -0.25) is 4.98 Å². The monoisotopic (exact) mass is 624 g/mol. The molecule has 8 bridgehead atoms. The molecule has 5 rings (SSSR count). The van der Waals surface area contributed by atoms with E-state index in [0.717, 1.165) is 83.1 Å². The molecule has 3 aromatic heterocycles. The molecule has 0 saturated heterocycles. The molecule has 6 nitrogen and oxygen atoms in total. The van der Waals surface area contributed by atoms with Gasteiger partial charge in [0, 0.05) is 0 Å². The van der Waals surface area contributed by atoms with E-state index >= 15 is 0 Å². The van der Waals surface area contributed by atoms with Gasteiger partial charge in [0.1, 0.15) is 11.2 Å². The van der Waals surface area contributed by atoms with Crippen molar-refractivity contribution in [2.45, 2.75) is 118 Å². The van der Waals surface area contributed by atoms with Crippen molar-refractivity contribution in [3.63, 3.8) is 0 Å². The van der Waals surface area contributed by atoms with Gasteiger partial charge in [0.25, 0.3) is 0 Å². The minimum Gasteiger partial charge on any atom is -0.657 e. The quantitative estimate of drug-likeness (QED) is 0.253. The number of hydrogen-bond donors (Lipinski definition) is 2. The first-order chi connectivity index (χ1) is 20.2. The van der Waals surface area contributed by atoms with Crippen molar-refractivity contribution < 1.29 is 26.7 Å². The van der Waals surface area contributed by atoms with Crippen LogP contribution in [0.5, 0.6) is 0 Å². The summed E-state index contributed by atoms with van der Waals surface area (Å²) in [5, 5.41) is 24.3. The molecule has 7 heteroatoms. The topological polar surface area (TPSA) is 94.4 Å². The average molecular weight is 625 g/mol. The van der Waals surface area contributed by atoms with Crippen LogP contribution in [0.25, 0.3) is 33.2 Å². The Morgan fingerprint density at radius 1 is 0.512 bits per heavy atom. The van der Waals surface area contributed by atoms with Crippen LogP contribution in [-0.4, -0.2) is 20.2 Å². The van der Waals surface area contributed by atoms with Gasteiger partial charge in [-0.1, -0.05) is 102 Å². The van der Waals surface area contributed by atoms with E-state index in [1.165, 1.54) is 22.3 Å². The Labute approximate surface area is 266 Å². The van der Waals surface area contributed by atoms with Crippen molar-refractivity contribution >= 4 is 33.2 Å². The first kappa shape index (κ1) is 33.2. The predicted molar refractivity (Wildman–Crippen MR) is 172 cm³/mol. The third-order valence-corrected chi connectivity index (χ3v) is 9.68. The van der Waals surface area contributed by atoms with Crippen LogP contribution in [0.3, 0.4) is 0 Å². The van der Waals surface area contributed by atoms with E-state index in [4.69, 9.17) is 19.9 Å². The van der Waals surface area contributed by atoms with Crippen LogP contribution in [-0.2, 0) is 53.4 Å². The van der Waals surface area contributed by atoms with Crippen molar-refractivity contribution in [2.75, 3.05) is 0 Å². The van der Waals surface area contributed by atoms with Crippen molar-refractivity contribution in [3.8, 4) is 0 Å². The second kappa shape index (κ2) is 12.7. The van der Waals surface area contributed by atoms with Crippen molar-refractivity contribution in [2.24, 2.45) is 0 Å². The number of aliphatic hydroxyl groups is 2. The summed E-state index contributed by atoms with van der Waals surface area (Å²) in [5.74, 6) is 0. The molecule has 2 N–H and O–H groups in total. The summed E-state index contributed by atoms with van der Waals surface area (Å²) in [6.07, 6.45) is 5.71. The summed E-state index contributed by atoms with van der Waals surface area (Å²) in [7, 11) is 0. The average Bonchev–Trinajstić information content (AvgIpc) is 3.68. The van der Waals surface area contributed by atoms with Gasteiger partial charge in [-0.05, 0) is 62.5 Å². The molecular formula is C36H46N4NiO2. The molecule has 0 aliphatic carbocycles. The maximum atomic E-state index is 12.1. The molecule has 5 heterocycles. The van der Waals surface area contributed by atoms with Gasteiger partial charge in [-0.25, -0.2) is 4.98 Å². The van der Waals surface area contributed by atoms with Crippen LogP contribution >= 0.6 is 0 Å². The summed E-state index contributed by atoms with van der Waals surface area (Å²) in [6, 6.07) is 8.11. The van der Waals surface area contributed by atoms with Gasteiger partial charge in [0.15, 0.2) is 0 Å². The van der Waals surface area contributed by atoms with E-state index in [0.29, 0.717) is 24.2 Å². The number of nitrogens with zero attached hydrogens (tertiary/aromatic N) is 4. The Bertz CT molecular complexity index is 1590. The zero-order chi connectivity index (χ0) is 30.4. The second-order valence-corrected chi connectivity index (χ2v) is 11.5. The van der Waals surface area contributed by atoms with Crippen molar-refractivity contribution in [3.05, 3.63) is 69.3 Å². The zero-order valence-electron chi connectivity index (χ0n) is 27.0. The summed E-state index contributed by atoms with van der Waals surface area (Å²) in [4.78, 5) is 20.4. The minimum atomic E-state index is -1.55. The van der Waals surface area contributed by atoms with Gasteiger partial charge in [0.05, 0.1) is 22.8 Å². The van der Waals surface area contributed by atoms with Crippen molar-refractivity contribution in [1.29, 1.82) is 0 Å². The molecular weight excluding hydrogens is 579 g/mol. The van der Waals surface area contributed by atoms with Gasteiger partial charge < -0.3 is 20.2 Å². The zero-order valence-corrected chi connectivity index (χ0v) is 28.0. The Balaban J connectivity index is 0.00000423. The van der Waals surface area contributed by atoms with Gasteiger partial charge in [-0.15, -0.1) is 22.1 Å². The van der Waals surface area contributed by atoms with Crippen molar-refractivity contribution in [1.82, 2.24) is 19.9 Å². The fraction of sp³-hybridized carbons (Fsp3) is 0.500. The number of aromatic nitrogens is 4. The largest absolute Gasteiger partial charge is 2.00 e. The van der Waals surface area contributed by atoms with Crippen LogP contribution in [0.15, 0.2) is 24.3 Å². The third-order valence-electron chi connectivity index (χ3n) is 9.68. The van der Waals surface area contributed by atoms with E-state index in [-0.39, 0.29) is 16.5 Å². The Kier molecular flexibility index (Phi) is 9.81. The molecule has 0 amide bonds. The molecule has 2 aliphatic heterocycles. The molecule has 0 saturated carbocycles. The number of fused-ring (bicyclic) bond motifs is 8. The van der Waals surface area contributed by atoms with Crippen LogP contribution in [0, 0.1) is 0 Å². The summed E-state index contributed by atoms with van der Waals surface area (Å²) >= 11 is 0. The van der Waals surface area contributed by atoms with Crippen LogP contribution < -0.4 is 9.97 Å². The second-order valence-electron chi connectivity index (χ2n) is 11.5. The third kappa shape index (κ3) is 5.02. The molecule has 3 aromatic rings. The number of hydrogen-bond acceptors (Lipinski definition) is 4. The molecule has 2 atom stereocenters. The number of aryl methyl sites for hydroxylation is 4. The van der Waals surface area contributed by atoms with Crippen LogP contribution in [0.1, 0.15) is 126 Å². The Morgan fingerprint density at radius 3 is 1.12 bits per heavy atom. The first-order valence-corrected chi connectivity index (χ1v) is 16.0. The minimum absolute atomic E-state index is 0. The first-order valence-electron chi connectivity index (χ1n) is 16.0. The van der Waals surface area contributed by atoms with E-state index in [1.807, 2.05) is 26.0 Å². The Morgan fingerprint density at radius 2 is 0.837 bits per heavy atom. The van der Waals surface area contributed by atoms with Gasteiger partial charge in [-0.2, -0.15) is 0 Å². The molecule has 232 valence electrons. The predicted octanol–water partition coefficient (Wildman–Crippen LogP) is 7.45. The number of allylic oxidation sites excluding steroid dienone is 2. The van der Waals surface area contributed by atoms with Gasteiger partial charge >= 0.3 is 16.5 Å². The smallest absolute Gasteiger partial charge is 0.657 e. The molecule has 43 heavy (non-hydrogen) atoms. The van der Waals surface area contributed by atoms with Crippen LogP contribution in [0.2, 0.25) is 0 Å². The maximum absolute atomic E-state index is 12.1. The number of rotatable bonds is 8. The summed E-state index contributed by atoms with van der Waals surface area (Å²) in [5.41, 5.74) is 10.5. The molecule has 0 radical (unpaired) electrons. The molecule has 0 aromatic carbocycles. The van der Waals surface area contributed by atoms with Crippen LogP contribution in [0.4, 0.5) is 0 Å². The normalized spacial score (nSPS) is 20.0. The van der Waals surface area contributed by atoms with Gasteiger partial charge in [0.2, 0.25) is 0 Å². The van der Waals surface area contributed by atoms with E-state index in [9.17, 15) is 10.2 Å².